The van der Waals surface area contributed by atoms with Crippen molar-refractivity contribution in [3.63, 3.8) is 0 Å². The Morgan fingerprint density at radius 2 is 0.846 bits per heavy atom. The van der Waals surface area contributed by atoms with Gasteiger partial charge in [-0.1, -0.05) is 97.1 Å². The van der Waals surface area contributed by atoms with Crippen LogP contribution in [0.4, 0.5) is 17.1 Å². The fraction of sp³-hybridized carbons (Fsp3) is 0.0270. The minimum absolute atomic E-state index is 0.889. The minimum atomic E-state index is 0.889. The number of nitrogens with zero attached hydrogens (tertiary/aromatic N) is 1. The molecule has 39 heavy (non-hydrogen) atoms. The third kappa shape index (κ3) is 4.36. The van der Waals surface area contributed by atoms with E-state index in [0.717, 1.165) is 39.0 Å². The average Bonchev–Trinajstić information content (AvgIpc) is 3.36. The Kier molecular flexibility index (Phi) is 5.71. The zero-order chi connectivity index (χ0) is 26.2. The lowest BCUT2D eigenvalue weighted by Gasteiger charge is -2.26. The van der Waals surface area contributed by atoms with Crippen molar-refractivity contribution in [3.8, 4) is 22.3 Å². The molecule has 0 N–H and O–H groups in total. The maximum absolute atomic E-state index is 6.32. The lowest BCUT2D eigenvalue weighted by molar-refractivity contribution is 0.668. The number of hydrogen-bond donors (Lipinski definition) is 0. The quantitative estimate of drug-likeness (QED) is 0.233. The Morgan fingerprint density at radius 1 is 0.410 bits per heavy atom. The predicted octanol–water partition coefficient (Wildman–Crippen LogP) is 10.7. The topological polar surface area (TPSA) is 16.4 Å². The molecule has 0 amide bonds. The van der Waals surface area contributed by atoms with E-state index in [1.807, 2.05) is 12.1 Å². The summed E-state index contributed by atoms with van der Waals surface area (Å²) in [4.78, 5) is 2.29. The first-order valence-electron chi connectivity index (χ1n) is 13.3. The van der Waals surface area contributed by atoms with E-state index in [1.54, 1.807) is 0 Å². The third-order valence-corrected chi connectivity index (χ3v) is 7.34. The number of fused-ring (bicyclic) bond motifs is 3. The molecule has 7 rings (SSSR count). The normalized spacial score (nSPS) is 11.2. The molecule has 6 aromatic carbocycles. The number of aryl methyl sites for hydroxylation is 1. The highest BCUT2D eigenvalue weighted by molar-refractivity contribution is 6.06. The first kappa shape index (κ1) is 23.1. The van der Waals surface area contributed by atoms with E-state index in [1.165, 1.54) is 27.8 Å². The SMILES string of the molecule is Cc1ccc2c(c1)oc1cc(N(c3ccc(-c4ccccc4)cc3)c3ccc(-c4ccccc4)cc3)ccc12. The molecule has 0 spiro atoms. The van der Waals surface area contributed by atoms with Crippen LogP contribution in [-0.2, 0) is 0 Å². The molecule has 186 valence electrons. The van der Waals surface area contributed by atoms with Crippen LogP contribution < -0.4 is 4.90 Å². The number of benzene rings is 6. The van der Waals surface area contributed by atoms with Gasteiger partial charge in [-0.15, -0.1) is 0 Å². The second kappa shape index (κ2) is 9.66. The van der Waals surface area contributed by atoms with Gasteiger partial charge in [0.15, 0.2) is 0 Å². The molecule has 7 aromatic rings. The summed E-state index contributed by atoms with van der Waals surface area (Å²) < 4.78 is 6.32. The van der Waals surface area contributed by atoms with Gasteiger partial charge in [0.2, 0.25) is 0 Å². The molecule has 0 fully saturated rings. The standard InChI is InChI=1S/C37H27NO/c1-26-12-22-34-35-23-21-33(25-37(35)39-36(34)24-26)38(31-17-13-29(14-18-31)27-8-4-2-5-9-27)32-19-15-30(16-20-32)28-10-6-3-7-11-28/h2-25H,1H3. The van der Waals surface area contributed by atoms with Crippen molar-refractivity contribution in [1.29, 1.82) is 0 Å². The summed E-state index contributed by atoms with van der Waals surface area (Å²) in [6.45, 7) is 2.10. The van der Waals surface area contributed by atoms with Crippen LogP contribution in [0.15, 0.2) is 150 Å². The van der Waals surface area contributed by atoms with Crippen molar-refractivity contribution >= 4 is 39.0 Å². The van der Waals surface area contributed by atoms with E-state index in [-0.39, 0.29) is 0 Å². The number of anilines is 3. The van der Waals surface area contributed by atoms with Gasteiger partial charge < -0.3 is 9.32 Å². The Bertz CT molecular complexity index is 1800. The van der Waals surface area contributed by atoms with Crippen LogP contribution in [0.2, 0.25) is 0 Å². The molecule has 0 unspecified atom stereocenters. The monoisotopic (exact) mass is 501 g/mol. The Hall–Kier alpha value is -5.08. The van der Waals surface area contributed by atoms with Crippen molar-refractivity contribution in [2.45, 2.75) is 6.92 Å². The van der Waals surface area contributed by atoms with Gasteiger partial charge in [0, 0.05) is 33.9 Å². The third-order valence-electron chi connectivity index (χ3n) is 7.34. The van der Waals surface area contributed by atoms with Crippen LogP contribution in [0.3, 0.4) is 0 Å². The molecule has 1 heterocycles. The van der Waals surface area contributed by atoms with Crippen molar-refractivity contribution in [2.24, 2.45) is 0 Å². The van der Waals surface area contributed by atoms with Crippen molar-refractivity contribution < 1.29 is 4.42 Å². The molecule has 0 aliphatic rings. The zero-order valence-corrected chi connectivity index (χ0v) is 21.7. The molecular formula is C37H27NO. The maximum atomic E-state index is 6.32. The number of hydrogen-bond acceptors (Lipinski definition) is 2. The van der Waals surface area contributed by atoms with Gasteiger partial charge in [0.1, 0.15) is 11.2 Å². The van der Waals surface area contributed by atoms with E-state index in [9.17, 15) is 0 Å². The van der Waals surface area contributed by atoms with E-state index >= 15 is 0 Å². The van der Waals surface area contributed by atoms with Crippen LogP contribution in [0.5, 0.6) is 0 Å². The average molecular weight is 502 g/mol. The highest BCUT2D eigenvalue weighted by Crippen LogP contribution is 2.39. The maximum Gasteiger partial charge on any atom is 0.137 e. The van der Waals surface area contributed by atoms with Crippen LogP contribution >= 0.6 is 0 Å². The molecule has 2 heteroatoms. The summed E-state index contributed by atoms with van der Waals surface area (Å²) in [5, 5.41) is 2.28. The van der Waals surface area contributed by atoms with Crippen molar-refractivity contribution in [3.05, 3.63) is 151 Å². The van der Waals surface area contributed by atoms with Crippen LogP contribution in [0, 0.1) is 6.92 Å². The number of furan rings is 1. The Morgan fingerprint density at radius 3 is 1.38 bits per heavy atom. The second-order valence-corrected chi connectivity index (χ2v) is 9.94. The first-order valence-corrected chi connectivity index (χ1v) is 13.3. The summed E-state index contributed by atoms with van der Waals surface area (Å²) in [7, 11) is 0. The molecule has 0 radical (unpaired) electrons. The predicted molar refractivity (Wildman–Crippen MR) is 164 cm³/mol. The van der Waals surface area contributed by atoms with Gasteiger partial charge in [-0.05, 0) is 77.2 Å². The van der Waals surface area contributed by atoms with Crippen LogP contribution in [0.25, 0.3) is 44.2 Å². The van der Waals surface area contributed by atoms with Crippen LogP contribution in [-0.4, -0.2) is 0 Å². The van der Waals surface area contributed by atoms with E-state index < -0.39 is 0 Å². The molecule has 0 aliphatic heterocycles. The number of rotatable bonds is 5. The molecule has 0 saturated carbocycles. The Balaban J connectivity index is 1.34. The zero-order valence-electron chi connectivity index (χ0n) is 21.7. The molecular weight excluding hydrogens is 474 g/mol. The van der Waals surface area contributed by atoms with Crippen molar-refractivity contribution in [2.75, 3.05) is 4.90 Å². The van der Waals surface area contributed by atoms with E-state index in [2.05, 4.69) is 145 Å². The summed E-state index contributed by atoms with van der Waals surface area (Å²) in [5.41, 5.74) is 11.1. The highest BCUT2D eigenvalue weighted by Gasteiger charge is 2.16. The molecule has 0 aliphatic carbocycles. The fourth-order valence-corrected chi connectivity index (χ4v) is 5.33. The minimum Gasteiger partial charge on any atom is -0.456 e. The van der Waals surface area contributed by atoms with Gasteiger partial charge in [0.05, 0.1) is 0 Å². The van der Waals surface area contributed by atoms with Gasteiger partial charge in [0.25, 0.3) is 0 Å². The molecule has 1 aromatic heterocycles. The van der Waals surface area contributed by atoms with Gasteiger partial charge in [-0.2, -0.15) is 0 Å². The first-order chi connectivity index (χ1) is 19.2. The summed E-state index contributed by atoms with van der Waals surface area (Å²) >= 11 is 0. The lowest BCUT2D eigenvalue weighted by Crippen LogP contribution is -2.09. The lowest BCUT2D eigenvalue weighted by atomic mass is 10.0. The second-order valence-electron chi connectivity index (χ2n) is 9.94. The molecule has 2 nitrogen and oxygen atoms in total. The van der Waals surface area contributed by atoms with E-state index in [0.29, 0.717) is 0 Å². The fourth-order valence-electron chi connectivity index (χ4n) is 5.33. The van der Waals surface area contributed by atoms with Crippen LogP contribution in [0.1, 0.15) is 5.56 Å². The molecule has 0 saturated heterocycles. The van der Waals surface area contributed by atoms with Gasteiger partial charge in [-0.25, -0.2) is 0 Å². The van der Waals surface area contributed by atoms with E-state index in [4.69, 9.17) is 4.42 Å². The summed E-state index contributed by atoms with van der Waals surface area (Å²) in [6, 6.07) is 51.5. The molecule has 0 bridgehead atoms. The summed E-state index contributed by atoms with van der Waals surface area (Å²) in [5.74, 6) is 0. The summed E-state index contributed by atoms with van der Waals surface area (Å²) in [6.07, 6.45) is 0. The van der Waals surface area contributed by atoms with Crippen molar-refractivity contribution in [1.82, 2.24) is 0 Å². The largest absolute Gasteiger partial charge is 0.456 e. The molecule has 0 atom stereocenters. The smallest absolute Gasteiger partial charge is 0.137 e. The van der Waals surface area contributed by atoms with Gasteiger partial charge >= 0.3 is 0 Å². The highest BCUT2D eigenvalue weighted by atomic mass is 16.3. The van der Waals surface area contributed by atoms with Gasteiger partial charge in [-0.3, -0.25) is 0 Å². The Labute approximate surface area is 228 Å².